The highest BCUT2D eigenvalue weighted by Crippen LogP contribution is 2.20. The van der Waals surface area contributed by atoms with Gasteiger partial charge in [0.2, 0.25) is 0 Å². The number of nitrogens with two attached hydrogens (primary N) is 1. The van der Waals surface area contributed by atoms with Gasteiger partial charge in [0, 0.05) is 5.69 Å². The number of nitrogens with zero attached hydrogens (tertiary/aromatic N) is 1. The minimum atomic E-state index is -3.25. The quantitative estimate of drug-likeness (QED) is 0.598. The monoisotopic (exact) mass is 271 g/mol. The Hall–Kier alpha value is -1.11. The third-order valence-corrected chi connectivity index (χ3v) is 5.09. The molecule has 0 saturated carbocycles. The van der Waals surface area contributed by atoms with Gasteiger partial charge >= 0.3 is 0 Å². The van der Waals surface area contributed by atoms with Crippen molar-refractivity contribution in [2.45, 2.75) is 23.5 Å². The number of sulfone groups is 1. The van der Waals surface area contributed by atoms with Crippen LogP contribution in [0, 0.1) is 0 Å². The molecule has 1 unspecified atom stereocenters. The number of nitrogen functional groups attached to an aromatic ring is 1. The van der Waals surface area contributed by atoms with Crippen LogP contribution in [-0.4, -0.2) is 39.2 Å². The van der Waals surface area contributed by atoms with Gasteiger partial charge < -0.3 is 10.3 Å². The van der Waals surface area contributed by atoms with Gasteiger partial charge in [0.1, 0.15) is 0 Å². The van der Waals surface area contributed by atoms with Crippen molar-refractivity contribution in [1.82, 2.24) is 4.90 Å². The van der Waals surface area contributed by atoms with Crippen LogP contribution in [0.15, 0.2) is 29.2 Å². The van der Waals surface area contributed by atoms with Crippen LogP contribution in [-0.2, 0) is 9.84 Å². The van der Waals surface area contributed by atoms with Crippen LogP contribution in [0.25, 0.3) is 0 Å². The van der Waals surface area contributed by atoms with Gasteiger partial charge in [-0.3, -0.25) is 5.84 Å². The van der Waals surface area contributed by atoms with E-state index in [4.69, 9.17) is 5.84 Å². The predicted molar refractivity (Wildman–Crippen MR) is 74.1 cm³/mol. The minimum Gasteiger partial charge on any atom is -0.324 e. The molecular weight excluding hydrogens is 250 g/mol. The Morgan fingerprint density at radius 3 is 2.28 bits per heavy atom. The van der Waals surface area contributed by atoms with Crippen LogP contribution in [0.5, 0.6) is 0 Å². The third kappa shape index (κ3) is 3.69. The van der Waals surface area contributed by atoms with E-state index >= 15 is 0 Å². The maximum absolute atomic E-state index is 12.3. The second-order valence-corrected chi connectivity index (χ2v) is 6.98. The van der Waals surface area contributed by atoms with Crippen molar-refractivity contribution in [3.05, 3.63) is 24.3 Å². The Balaban J connectivity index is 2.84. The summed E-state index contributed by atoms with van der Waals surface area (Å²) >= 11 is 0. The van der Waals surface area contributed by atoms with Crippen LogP contribution >= 0.6 is 0 Å². The van der Waals surface area contributed by atoms with Gasteiger partial charge in [-0.2, -0.15) is 0 Å². The molecule has 0 bridgehead atoms. The van der Waals surface area contributed by atoms with Crippen LogP contribution < -0.4 is 11.3 Å². The SMILES string of the molecule is CC(CCN(C)C)S(=O)(=O)c1ccc(NN)cc1. The van der Waals surface area contributed by atoms with E-state index in [0.29, 0.717) is 17.0 Å². The molecule has 0 aromatic heterocycles. The largest absolute Gasteiger partial charge is 0.324 e. The summed E-state index contributed by atoms with van der Waals surface area (Å²) in [6.07, 6.45) is 0.617. The summed E-state index contributed by atoms with van der Waals surface area (Å²) in [5.41, 5.74) is 3.16. The lowest BCUT2D eigenvalue weighted by molar-refractivity contribution is 0.397. The van der Waals surface area contributed by atoms with E-state index < -0.39 is 15.1 Å². The van der Waals surface area contributed by atoms with Crippen molar-refractivity contribution in [3.8, 4) is 0 Å². The molecule has 0 heterocycles. The van der Waals surface area contributed by atoms with Crippen LogP contribution in [0.3, 0.4) is 0 Å². The normalized spacial score (nSPS) is 13.6. The molecule has 0 aliphatic rings. The fourth-order valence-electron chi connectivity index (χ4n) is 1.57. The fourth-order valence-corrected chi connectivity index (χ4v) is 2.96. The fraction of sp³-hybridized carbons (Fsp3) is 0.500. The molecule has 0 amide bonds. The summed E-state index contributed by atoms with van der Waals surface area (Å²) in [6, 6.07) is 6.48. The molecule has 0 aliphatic carbocycles. The first kappa shape index (κ1) is 14.9. The Morgan fingerprint density at radius 1 is 1.28 bits per heavy atom. The average Bonchev–Trinajstić information content (AvgIpc) is 2.35. The number of anilines is 1. The zero-order valence-corrected chi connectivity index (χ0v) is 11.9. The molecule has 0 fully saturated rings. The van der Waals surface area contributed by atoms with Crippen molar-refractivity contribution in [1.29, 1.82) is 0 Å². The summed E-state index contributed by atoms with van der Waals surface area (Å²) in [5.74, 6) is 5.24. The number of hydrogen-bond donors (Lipinski definition) is 2. The second kappa shape index (κ2) is 6.17. The van der Waals surface area contributed by atoms with E-state index in [-0.39, 0.29) is 0 Å². The molecule has 0 spiro atoms. The first-order valence-electron chi connectivity index (χ1n) is 5.83. The highest BCUT2D eigenvalue weighted by molar-refractivity contribution is 7.92. The summed E-state index contributed by atoms with van der Waals surface area (Å²) in [4.78, 5) is 2.32. The minimum absolute atomic E-state index is 0.341. The van der Waals surface area contributed by atoms with Gasteiger partial charge in [0.25, 0.3) is 0 Å². The number of hydrogen-bond acceptors (Lipinski definition) is 5. The van der Waals surface area contributed by atoms with Gasteiger partial charge in [0.15, 0.2) is 9.84 Å². The summed E-state index contributed by atoms with van der Waals surface area (Å²) in [5, 5.41) is -0.392. The Morgan fingerprint density at radius 2 is 1.83 bits per heavy atom. The van der Waals surface area contributed by atoms with Crippen molar-refractivity contribution in [3.63, 3.8) is 0 Å². The highest BCUT2D eigenvalue weighted by atomic mass is 32.2. The zero-order chi connectivity index (χ0) is 13.8. The maximum Gasteiger partial charge on any atom is 0.181 e. The van der Waals surface area contributed by atoms with E-state index in [1.165, 1.54) is 0 Å². The van der Waals surface area contributed by atoms with Crippen LogP contribution in [0.4, 0.5) is 5.69 Å². The van der Waals surface area contributed by atoms with E-state index in [0.717, 1.165) is 6.54 Å². The maximum atomic E-state index is 12.3. The van der Waals surface area contributed by atoms with Gasteiger partial charge in [0.05, 0.1) is 10.1 Å². The molecule has 0 radical (unpaired) electrons. The average molecular weight is 271 g/mol. The Bertz CT molecular complexity index is 469. The molecule has 1 rings (SSSR count). The van der Waals surface area contributed by atoms with Gasteiger partial charge in [-0.25, -0.2) is 8.42 Å². The van der Waals surface area contributed by atoms with Crippen LogP contribution in [0.1, 0.15) is 13.3 Å². The molecule has 1 aromatic rings. The van der Waals surface area contributed by atoms with Gasteiger partial charge in [-0.1, -0.05) is 0 Å². The van der Waals surface area contributed by atoms with E-state index in [1.807, 2.05) is 19.0 Å². The summed E-state index contributed by atoms with van der Waals surface area (Å²) < 4.78 is 24.5. The summed E-state index contributed by atoms with van der Waals surface area (Å²) in [7, 11) is 0.608. The van der Waals surface area contributed by atoms with Crippen molar-refractivity contribution in [2.75, 3.05) is 26.1 Å². The van der Waals surface area contributed by atoms with E-state index in [9.17, 15) is 8.42 Å². The molecule has 1 aromatic carbocycles. The Kier molecular flexibility index (Phi) is 5.13. The molecule has 0 saturated heterocycles. The molecule has 6 heteroatoms. The molecule has 18 heavy (non-hydrogen) atoms. The van der Waals surface area contributed by atoms with Gasteiger partial charge in [-0.05, 0) is 58.3 Å². The van der Waals surface area contributed by atoms with Crippen molar-refractivity contribution < 1.29 is 8.42 Å². The topological polar surface area (TPSA) is 75.4 Å². The standard InChI is InChI=1S/C12H21N3O2S/c1-10(8-9-15(2)3)18(16,17)12-6-4-11(14-13)5-7-12/h4-7,10,14H,8-9,13H2,1-3H3. The smallest absolute Gasteiger partial charge is 0.181 e. The van der Waals surface area contributed by atoms with Crippen LogP contribution in [0.2, 0.25) is 0 Å². The van der Waals surface area contributed by atoms with Gasteiger partial charge in [-0.15, -0.1) is 0 Å². The zero-order valence-electron chi connectivity index (χ0n) is 11.1. The summed E-state index contributed by atoms with van der Waals surface area (Å²) in [6.45, 7) is 2.50. The number of hydrazine groups is 1. The molecule has 1 atom stereocenters. The molecule has 0 aliphatic heterocycles. The number of benzene rings is 1. The lowest BCUT2D eigenvalue weighted by atomic mass is 10.3. The molecule has 3 N–H and O–H groups in total. The third-order valence-electron chi connectivity index (χ3n) is 2.86. The number of nitrogens with one attached hydrogen (secondary N) is 1. The molecule has 5 nitrogen and oxygen atoms in total. The second-order valence-electron chi connectivity index (χ2n) is 4.62. The lowest BCUT2D eigenvalue weighted by Gasteiger charge is -2.16. The number of rotatable bonds is 6. The van der Waals surface area contributed by atoms with E-state index in [1.54, 1.807) is 31.2 Å². The van der Waals surface area contributed by atoms with Crippen molar-refractivity contribution >= 4 is 15.5 Å². The van der Waals surface area contributed by atoms with E-state index in [2.05, 4.69) is 5.43 Å². The van der Waals surface area contributed by atoms with Crippen molar-refractivity contribution in [2.24, 2.45) is 5.84 Å². The lowest BCUT2D eigenvalue weighted by Crippen LogP contribution is -2.24. The molecule has 102 valence electrons. The highest BCUT2D eigenvalue weighted by Gasteiger charge is 2.22. The molecular formula is C12H21N3O2S. The Labute approximate surface area is 109 Å². The first-order valence-corrected chi connectivity index (χ1v) is 7.38. The predicted octanol–water partition coefficient (Wildman–Crippen LogP) is 1.09. The first-order chi connectivity index (χ1) is 8.37.